The van der Waals surface area contributed by atoms with E-state index >= 15 is 0 Å². The third-order valence-electron chi connectivity index (χ3n) is 3.70. The molecule has 4 nitrogen and oxygen atoms in total. The van der Waals surface area contributed by atoms with Crippen molar-refractivity contribution >= 4 is 28.6 Å². The molecule has 0 radical (unpaired) electrons. The second-order valence-corrected chi connectivity index (χ2v) is 6.20. The number of rotatable bonds is 2. The van der Waals surface area contributed by atoms with E-state index in [1.54, 1.807) is 41.7 Å². The first-order chi connectivity index (χ1) is 9.66. The fourth-order valence-electron chi connectivity index (χ4n) is 2.58. The molecule has 2 N–H and O–H groups in total. The van der Waals surface area contributed by atoms with Gasteiger partial charge in [0, 0.05) is 18.1 Å². The molecular weight excluding hydrogens is 270 g/mol. The van der Waals surface area contributed by atoms with Gasteiger partial charge in [-0.25, -0.2) is 0 Å². The number of nitrogen functional groups attached to an aromatic ring is 1. The number of carbonyl (C=O) groups is 1. The molecule has 0 aromatic carbocycles. The zero-order valence-corrected chi connectivity index (χ0v) is 12.2. The number of aryl methyl sites for hydroxylation is 2. The van der Waals surface area contributed by atoms with E-state index in [0.717, 1.165) is 17.7 Å². The molecule has 1 aliphatic rings. The lowest BCUT2D eigenvalue weighted by atomic mass is 9.99. The van der Waals surface area contributed by atoms with Gasteiger partial charge in [-0.2, -0.15) is 0 Å². The second-order valence-electron chi connectivity index (χ2n) is 5.06. The number of carbonyl (C=O) groups excluding carboxylic acids is 1. The maximum atomic E-state index is 12.6. The van der Waals surface area contributed by atoms with Crippen LogP contribution in [0, 0.1) is 0 Å². The molecule has 0 spiro atoms. The number of hydrogen-bond donors (Lipinski definition) is 1. The SMILES string of the molecule is CN(C(=O)c1cc2c(s1)CCCC2)c1ccncc1N. The van der Waals surface area contributed by atoms with Crippen LogP contribution in [0.5, 0.6) is 0 Å². The van der Waals surface area contributed by atoms with E-state index in [-0.39, 0.29) is 5.91 Å². The van der Waals surface area contributed by atoms with Gasteiger partial charge in [-0.1, -0.05) is 0 Å². The number of nitrogens with two attached hydrogens (primary N) is 1. The maximum Gasteiger partial charge on any atom is 0.268 e. The Morgan fingerprint density at radius 1 is 1.40 bits per heavy atom. The zero-order chi connectivity index (χ0) is 14.1. The number of thiophene rings is 1. The van der Waals surface area contributed by atoms with Crippen LogP contribution in [0.3, 0.4) is 0 Å². The van der Waals surface area contributed by atoms with Gasteiger partial charge < -0.3 is 10.6 Å². The van der Waals surface area contributed by atoms with Gasteiger partial charge in [-0.3, -0.25) is 9.78 Å². The molecule has 1 amide bonds. The van der Waals surface area contributed by atoms with E-state index in [9.17, 15) is 4.79 Å². The minimum Gasteiger partial charge on any atom is -0.396 e. The van der Waals surface area contributed by atoms with Crippen molar-refractivity contribution in [2.24, 2.45) is 0 Å². The second kappa shape index (κ2) is 5.25. The minimum atomic E-state index is 0.00213. The molecule has 3 rings (SSSR count). The van der Waals surface area contributed by atoms with E-state index in [2.05, 4.69) is 11.1 Å². The molecule has 0 fully saturated rings. The fraction of sp³-hybridized carbons (Fsp3) is 0.333. The van der Waals surface area contributed by atoms with Gasteiger partial charge in [0.25, 0.3) is 5.91 Å². The quantitative estimate of drug-likeness (QED) is 0.924. The third kappa shape index (κ3) is 2.29. The van der Waals surface area contributed by atoms with Crippen LogP contribution >= 0.6 is 11.3 Å². The Balaban J connectivity index is 1.89. The van der Waals surface area contributed by atoms with Crippen molar-refractivity contribution in [2.45, 2.75) is 25.7 Å². The number of nitrogens with zero attached hydrogens (tertiary/aromatic N) is 2. The summed E-state index contributed by atoms with van der Waals surface area (Å²) in [6, 6.07) is 3.82. The lowest BCUT2D eigenvalue weighted by molar-refractivity contribution is 0.0997. The Labute approximate surface area is 122 Å². The molecule has 104 valence electrons. The van der Waals surface area contributed by atoms with Crippen LogP contribution in [-0.2, 0) is 12.8 Å². The molecule has 0 saturated heterocycles. The summed E-state index contributed by atoms with van der Waals surface area (Å²) in [5.74, 6) is 0.00213. The molecule has 2 aromatic heterocycles. The highest BCUT2D eigenvalue weighted by atomic mass is 32.1. The molecule has 0 aliphatic heterocycles. The van der Waals surface area contributed by atoms with Crippen LogP contribution in [0.15, 0.2) is 24.5 Å². The van der Waals surface area contributed by atoms with Crippen LogP contribution < -0.4 is 10.6 Å². The Morgan fingerprint density at radius 3 is 2.95 bits per heavy atom. The topological polar surface area (TPSA) is 59.2 Å². The number of anilines is 2. The monoisotopic (exact) mass is 287 g/mol. The van der Waals surface area contributed by atoms with Gasteiger partial charge in [0.15, 0.2) is 0 Å². The van der Waals surface area contributed by atoms with E-state index in [1.165, 1.54) is 23.3 Å². The van der Waals surface area contributed by atoms with Crippen molar-refractivity contribution in [3.63, 3.8) is 0 Å². The molecule has 2 aromatic rings. The zero-order valence-electron chi connectivity index (χ0n) is 11.4. The largest absolute Gasteiger partial charge is 0.396 e. The highest BCUT2D eigenvalue weighted by molar-refractivity contribution is 7.14. The predicted octanol–water partition coefficient (Wildman–Crippen LogP) is 2.88. The summed E-state index contributed by atoms with van der Waals surface area (Å²) in [7, 11) is 1.76. The van der Waals surface area contributed by atoms with Gasteiger partial charge >= 0.3 is 0 Å². The van der Waals surface area contributed by atoms with Crippen molar-refractivity contribution < 1.29 is 4.79 Å². The van der Waals surface area contributed by atoms with Gasteiger partial charge in [0.1, 0.15) is 0 Å². The number of fused-ring (bicyclic) bond motifs is 1. The number of amides is 1. The third-order valence-corrected chi connectivity index (χ3v) is 4.93. The lowest BCUT2D eigenvalue weighted by Crippen LogP contribution is -2.26. The summed E-state index contributed by atoms with van der Waals surface area (Å²) < 4.78 is 0. The molecular formula is C15H17N3OS. The first kappa shape index (κ1) is 13.1. The van der Waals surface area contributed by atoms with Crippen LogP contribution in [0.1, 0.15) is 33.0 Å². The molecule has 2 heterocycles. The summed E-state index contributed by atoms with van der Waals surface area (Å²) >= 11 is 1.62. The summed E-state index contributed by atoms with van der Waals surface area (Å²) in [5, 5.41) is 0. The summed E-state index contributed by atoms with van der Waals surface area (Å²) in [5.41, 5.74) is 8.45. The van der Waals surface area contributed by atoms with Crippen molar-refractivity contribution in [3.8, 4) is 0 Å². The first-order valence-corrected chi connectivity index (χ1v) is 7.57. The van der Waals surface area contributed by atoms with E-state index in [0.29, 0.717) is 11.4 Å². The number of pyridine rings is 1. The van der Waals surface area contributed by atoms with Crippen molar-refractivity contribution in [2.75, 3.05) is 17.7 Å². The average molecular weight is 287 g/mol. The highest BCUT2D eigenvalue weighted by Gasteiger charge is 2.21. The molecule has 1 aliphatic carbocycles. The van der Waals surface area contributed by atoms with Crippen molar-refractivity contribution in [1.82, 2.24) is 4.98 Å². The minimum absolute atomic E-state index is 0.00213. The van der Waals surface area contributed by atoms with Gasteiger partial charge in [-0.05, 0) is 43.4 Å². The van der Waals surface area contributed by atoms with Crippen LogP contribution in [0.4, 0.5) is 11.4 Å². The summed E-state index contributed by atoms with van der Waals surface area (Å²) in [6.07, 6.45) is 7.88. The number of hydrogen-bond acceptors (Lipinski definition) is 4. The Hall–Kier alpha value is -1.88. The Morgan fingerprint density at radius 2 is 2.20 bits per heavy atom. The van der Waals surface area contributed by atoms with Crippen molar-refractivity contribution in [1.29, 1.82) is 0 Å². The average Bonchev–Trinajstić information content (AvgIpc) is 2.90. The van der Waals surface area contributed by atoms with Crippen LogP contribution in [-0.4, -0.2) is 17.9 Å². The maximum absolute atomic E-state index is 12.6. The van der Waals surface area contributed by atoms with E-state index in [4.69, 9.17) is 5.73 Å². The molecule has 20 heavy (non-hydrogen) atoms. The van der Waals surface area contributed by atoms with E-state index in [1.807, 2.05) is 0 Å². The smallest absolute Gasteiger partial charge is 0.268 e. The van der Waals surface area contributed by atoms with Gasteiger partial charge in [0.2, 0.25) is 0 Å². The van der Waals surface area contributed by atoms with Gasteiger partial charge in [0.05, 0.1) is 22.4 Å². The van der Waals surface area contributed by atoms with Crippen molar-refractivity contribution in [3.05, 3.63) is 39.8 Å². The van der Waals surface area contributed by atoms with Crippen LogP contribution in [0.25, 0.3) is 0 Å². The highest BCUT2D eigenvalue weighted by Crippen LogP contribution is 2.31. The fourth-order valence-corrected chi connectivity index (χ4v) is 3.80. The molecule has 0 atom stereocenters. The Kier molecular flexibility index (Phi) is 3.44. The molecule has 0 saturated carbocycles. The molecule has 5 heteroatoms. The normalized spacial score (nSPS) is 13.8. The standard InChI is InChI=1S/C15H17N3OS/c1-18(12-6-7-17-9-11(12)16)15(19)14-8-10-4-2-3-5-13(10)20-14/h6-9H,2-5,16H2,1H3. The summed E-state index contributed by atoms with van der Waals surface area (Å²) in [6.45, 7) is 0. The Bertz CT molecular complexity index is 627. The molecule has 0 bridgehead atoms. The summed E-state index contributed by atoms with van der Waals surface area (Å²) in [4.78, 5) is 20.3. The van der Waals surface area contributed by atoms with Gasteiger partial charge in [-0.15, -0.1) is 11.3 Å². The van der Waals surface area contributed by atoms with E-state index < -0.39 is 0 Å². The lowest BCUT2D eigenvalue weighted by Gasteiger charge is -2.17. The van der Waals surface area contributed by atoms with Crippen LogP contribution in [0.2, 0.25) is 0 Å². The molecule has 0 unspecified atom stereocenters. The number of aromatic nitrogens is 1. The predicted molar refractivity (Wildman–Crippen MR) is 82.3 cm³/mol. The first-order valence-electron chi connectivity index (χ1n) is 6.76.